The second-order valence-electron chi connectivity index (χ2n) is 3.71. The van der Waals surface area contributed by atoms with E-state index in [0.717, 1.165) is 19.5 Å². The van der Waals surface area contributed by atoms with Crippen molar-refractivity contribution in [1.82, 2.24) is 15.1 Å². The summed E-state index contributed by atoms with van der Waals surface area (Å²) in [6.07, 6.45) is 1.06. The van der Waals surface area contributed by atoms with Crippen LogP contribution in [0.3, 0.4) is 0 Å². The van der Waals surface area contributed by atoms with Crippen molar-refractivity contribution in [3.63, 3.8) is 0 Å². The molecule has 0 aromatic rings. The Labute approximate surface area is 79.9 Å². The second kappa shape index (κ2) is 4.58. The van der Waals surface area contributed by atoms with Crippen LogP contribution in [0.15, 0.2) is 0 Å². The van der Waals surface area contributed by atoms with Gasteiger partial charge in [-0.15, -0.1) is 0 Å². The van der Waals surface area contributed by atoms with E-state index in [9.17, 15) is 4.79 Å². The van der Waals surface area contributed by atoms with Crippen LogP contribution in [0, 0.1) is 0 Å². The molecule has 0 aliphatic carbocycles. The van der Waals surface area contributed by atoms with Gasteiger partial charge in [-0.05, 0) is 20.0 Å². The standard InChI is InChI=1S/C9H18N3O/c1-11(2)9(13)8-7-10-5-4-6-12(8)3/h8H,4-7H2,1-3H3. The van der Waals surface area contributed by atoms with Gasteiger partial charge in [-0.1, -0.05) is 0 Å². The number of rotatable bonds is 1. The maximum Gasteiger partial charge on any atom is 0.240 e. The number of carbonyl (C=O) groups is 1. The van der Waals surface area contributed by atoms with Gasteiger partial charge in [0.2, 0.25) is 5.91 Å². The minimum atomic E-state index is -0.0440. The van der Waals surface area contributed by atoms with E-state index in [1.807, 2.05) is 7.05 Å². The number of nitrogens with zero attached hydrogens (tertiary/aromatic N) is 3. The second-order valence-corrected chi connectivity index (χ2v) is 3.71. The fourth-order valence-electron chi connectivity index (χ4n) is 1.51. The number of likely N-dealkylation sites (N-methyl/N-ethyl adjacent to an activating group) is 2. The maximum absolute atomic E-state index is 11.7. The van der Waals surface area contributed by atoms with Crippen LogP contribution >= 0.6 is 0 Å². The van der Waals surface area contributed by atoms with E-state index in [0.29, 0.717) is 6.54 Å². The number of amides is 1. The summed E-state index contributed by atoms with van der Waals surface area (Å²) in [4.78, 5) is 15.4. The number of hydrogen-bond acceptors (Lipinski definition) is 2. The SMILES string of the molecule is CN(C)C(=O)C1C[N]CCCN1C. The Morgan fingerprint density at radius 3 is 2.85 bits per heavy atom. The molecule has 1 atom stereocenters. The quantitative estimate of drug-likeness (QED) is 0.545. The summed E-state index contributed by atoms with van der Waals surface area (Å²) in [5.74, 6) is 0.160. The van der Waals surface area contributed by atoms with Crippen LogP contribution in [-0.2, 0) is 4.79 Å². The van der Waals surface area contributed by atoms with E-state index >= 15 is 0 Å². The van der Waals surface area contributed by atoms with Crippen LogP contribution in [0.5, 0.6) is 0 Å². The Bertz CT molecular complexity index is 182. The third-order valence-corrected chi connectivity index (χ3v) is 2.39. The van der Waals surface area contributed by atoms with Crippen molar-refractivity contribution in [1.29, 1.82) is 0 Å². The highest BCUT2D eigenvalue weighted by Crippen LogP contribution is 2.04. The van der Waals surface area contributed by atoms with E-state index < -0.39 is 0 Å². The van der Waals surface area contributed by atoms with Crippen LogP contribution in [0.1, 0.15) is 6.42 Å². The van der Waals surface area contributed by atoms with E-state index in [4.69, 9.17) is 0 Å². The Morgan fingerprint density at radius 2 is 2.23 bits per heavy atom. The van der Waals surface area contributed by atoms with Gasteiger partial charge >= 0.3 is 0 Å². The lowest BCUT2D eigenvalue weighted by molar-refractivity contribution is -0.133. The minimum absolute atomic E-state index is 0.0440. The van der Waals surface area contributed by atoms with Crippen molar-refractivity contribution in [2.75, 3.05) is 40.8 Å². The Morgan fingerprint density at radius 1 is 1.54 bits per heavy atom. The zero-order valence-electron chi connectivity index (χ0n) is 8.66. The molecule has 75 valence electrons. The fourth-order valence-corrected chi connectivity index (χ4v) is 1.51. The van der Waals surface area contributed by atoms with Gasteiger partial charge in [-0.2, -0.15) is 0 Å². The molecule has 1 fully saturated rings. The topological polar surface area (TPSA) is 37.7 Å². The molecule has 4 nitrogen and oxygen atoms in total. The van der Waals surface area contributed by atoms with Crippen molar-refractivity contribution in [3.05, 3.63) is 0 Å². The number of carbonyl (C=O) groups excluding carboxylic acids is 1. The monoisotopic (exact) mass is 184 g/mol. The molecule has 1 amide bonds. The first-order valence-corrected chi connectivity index (χ1v) is 4.67. The molecule has 1 saturated heterocycles. The molecule has 4 heteroatoms. The van der Waals surface area contributed by atoms with Crippen LogP contribution in [-0.4, -0.2) is 62.5 Å². The first-order valence-electron chi connectivity index (χ1n) is 4.67. The highest BCUT2D eigenvalue weighted by molar-refractivity contribution is 5.81. The fraction of sp³-hybridized carbons (Fsp3) is 0.889. The van der Waals surface area contributed by atoms with Gasteiger partial charge < -0.3 is 4.90 Å². The zero-order valence-corrected chi connectivity index (χ0v) is 8.66. The molecule has 0 spiro atoms. The Kier molecular flexibility index (Phi) is 3.69. The van der Waals surface area contributed by atoms with Crippen LogP contribution in [0.4, 0.5) is 0 Å². The highest BCUT2D eigenvalue weighted by atomic mass is 16.2. The first-order chi connectivity index (χ1) is 6.13. The molecule has 1 radical (unpaired) electrons. The molecular formula is C9H18N3O. The third-order valence-electron chi connectivity index (χ3n) is 2.39. The van der Waals surface area contributed by atoms with Crippen LogP contribution in [0.25, 0.3) is 0 Å². The van der Waals surface area contributed by atoms with Crippen LogP contribution in [0.2, 0.25) is 0 Å². The van der Waals surface area contributed by atoms with Crippen molar-refractivity contribution in [2.45, 2.75) is 12.5 Å². The number of hydrogen-bond donors (Lipinski definition) is 0. The summed E-state index contributed by atoms with van der Waals surface area (Å²) in [6, 6.07) is -0.0440. The van der Waals surface area contributed by atoms with Gasteiger partial charge in [0, 0.05) is 27.2 Å². The van der Waals surface area contributed by atoms with Gasteiger partial charge in [0.05, 0.1) is 0 Å². The summed E-state index contributed by atoms with van der Waals surface area (Å²) in [6.45, 7) is 2.50. The lowest BCUT2D eigenvalue weighted by atomic mass is 10.2. The molecule has 1 unspecified atom stereocenters. The summed E-state index contributed by atoms with van der Waals surface area (Å²) in [5.41, 5.74) is 0. The molecule has 0 aromatic heterocycles. The largest absolute Gasteiger partial charge is 0.347 e. The smallest absolute Gasteiger partial charge is 0.240 e. The van der Waals surface area contributed by atoms with E-state index in [1.54, 1.807) is 19.0 Å². The lowest BCUT2D eigenvalue weighted by Gasteiger charge is -2.26. The third kappa shape index (κ3) is 2.67. The van der Waals surface area contributed by atoms with Crippen molar-refractivity contribution >= 4 is 5.91 Å². The summed E-state index contributed by atoms with van der Waals surface area (Å²) >= 11 is 0. The van der Waals surface area contributed by atoms with Crippen molar-refractivity contribution < 1.29 is 4.79 Å². The molecule has 0 N–H and O–H groups in total. The predicted octanol–water partition coefficient (Wildman–Crippen LogP) is -0.617. The summed E-state index contributed by atoms with van der Waals surface area (Å²) in [7, 11) is 5.58. The van der Waals surface area contributed by atoms with Crippen molar-refractivity contribution in [2.24, 2.45) is 0 Å². The molecular weight excluding hydrogens is 166 g/mol. The van der Waals surface area contributed by atoms with Gasteiger partial charge in [-0.3, -0.25) is 9.69 Å². The van der Waals surface area contributed by atoms with E-state index in [1.165, 1.54) is 0 Å². The van der Waals surface area contributed by atoms with Crippen LogP contribution < -0.4 is 5.32 Å². The molecule has 1 aliphatic heterocycles. The zero-order chi connectivity index (χ0) is 9.84. The molecule has 1 heterocycles. The highest BCUT2D eigenvalue weighted by Gasteiger charge is 2.25. The summed E-state index contributed by atoms with van der Waals surface area (Å²) in [5, 5.41) is 4.32. The Hall–Kier alpha value is -0.610. The first kappa shape index (κ1) is 10.5. The van der Waals surface area contributed by atoms with E-state index in [2.05, 4.69) is 10.2 Å². The lowest BCUT2D eigenvalue weighted by Crippen LogP contribution is -2.47. The van der Waals surface area contributed by atoms with Gasteiger partial charge in [-0.25, -0.2) is 5.32 Å². The average molecular weight is 184 g/mol. The average Bonchev–Trinajstić information content (AvgIpc) is 2.28. The molecule has 0 aromatic carbocycles. The molecule has 0 bridgehead atoms. The maximum atomic E-state index is 11.7. The molecule has 13 heavy (non-hydrogen) atoms. The Balaban J connectivity index is 2.58. The predicted molar refractivity (Wildman–Crippen MR) is 51.6 cm³/mol. The van der Waals surface area contributed by atoms with Gasteiger partial charge in [0.25, 0.3) is 0 Å². The normalized spacial score (nSPS) is 25.3. The molecule has 1 rings (SSSR count). The minimum Gasteiger partial charge on any atom is -0.347 e. The molecule has 1 aliphatic rings. The van der Waals surface area contributed by atoms with E-state index in [-0.39, 0.29) is 11.9 Å². The summed E-state index contributed by atoms with van der Waals surface area (Å²) < 4.78 is 0. The van der Waals surface area contributed by atoms with Gasteiger partial charge in [0.15, 0.2) is 0 Å². The van der Waals surface area contributed by atoms with Crippen molar-refractivity contribution in [3.8, 4) is 0 Å². The van der Waals surface area contributed by atoms with Gasteiger partial charge in [0.1, 0.15) is 6.04 Å². The molecule has 0 saturated carbocycles.